The molecule has 0 atom stereocenters. The molecular weight excluding hydrogens is 427 g/mol. The van der Waals surface area contributed by atoms with E-state index in [1.54, 1.807) is 29.5 Å². The van der Waals surface area contributed by atoms with Gasteiger partial charge in [-0.15, -0.1) is 11.3 Å². The van der Waals surface area contributed by atoms with Crippen LogP contribution < -0.4 is 4.90 Å². The Hall–Kier alpha value is -3.26. The van der Waals surface area contributed by atoms with Gasteiger partial charge < -0.3 is 9.72 Å². The number of hydrogen-bond acceptors (Lipinski definition) is 5. The summed E-state index contributed by atoms with van der Waals surface area (Å²) in [6.07, 6.45) is 2.71. The van der Waals surface area contributed by atoms with Crippen molar-refractivity contribution in [3.8, 4) is 11.3 Å². The summed E-state index contributed by atoms with van der Waals surface area (Å²) in [5, 5.41) is 2.03. The van der Waals surface area contributed by atoms with Crippen LogP contribution in [0.2, 0.25) is 0 Å². The van der Waals surface area contributed by atoms with E-state index in [4.69, 9.17) is 9.72 Å². The number of halogens is 1. The first-order valence-corrected chi connectivity index (χ1v) is 11.7. The molecule has 2 aromatic carbocycles. The predicted octanol–water partition coefficient (Wildman–Crippen LogP) is 5.88. The molecule has 4 aromatic rings. The molecule has 1 aliphatic heterocycles. The van der Waals surface area contributed by atoms with E-state index < -0.39 is 17.5 Å². The van der Waals surface area contributed by atoms with Crippen molar-refractivity contribution in [2.45, 2.75) is 37.2 Å². The van der Waals surface area contributed by atoms with Crippen molar-refractivity contribution in [3.63, 3.8) is 0 Å². The third-order valence-electron chi connectivity index (χ3n) is 6.63. The molecule has 0 unspecified atom stereocenters. The molecule has 1 N–H and O–H groups in total. The van der Waals surface area contributed by atoms with Gasteiger partial charge in [0.1, 0.15) is 17.2 Å². The van der Waals surface area contributed by atoms with Gasteiger partial charge in [-0.1, -0.05) is 18.2 Å². The monoisotopic (exact) mass is 448 g/mol. The zero-order valence-corrected chi connectivity index (χ0v) is 18.1. The Kier molecular flexibility index (Phi) is 4.50. The molecule has 32 heavy (non-hydrogen) atoms. The van der Waals surface area contributed by atoms with Gasteiger partial charge in [0.25, 0.3) is 0 Å². The van der Waals surface area contributed by atoms with E-state index in [9.17, 15) is 9.18 Å². The quantitative estimate of drug-likeness (QED) is 0.425. The summed E-state index contributed by atoms with van der Waals surface area (Å²) in [5.41, 5.74) is 5.52. The number of thiazole rings is 1. The predicted molar refractivity (Wildman–Crippen MR) is 121 cm³/mol. The minimum absolute atomic E-state index is 0.275. The molecule has 2 aromatic heterocycles. The number of nitrogens with zero attached hydrogens (tertiary/aromatic N) is 3. The smallest absolute Gasteiger partial charge is 0.415 e. The number of benzene rings is 2. The van der Waals surface area contributed by atoms with Gasteiger partial charge in [-0.3, -0.25) is 4.90 Å². The third-order valence-corrected chi connectivity index (χ3v) is 7.21. The van der Waals surface area contributed by atoms with E-state index in [2.05, 4.69) is 28.2 Å². The molecule has 0 radical (unpaired) electrons. The summed E-state index contributed by atoms with van der Waals surface area (Å²) in [6, 6.07) is 12.5. The van der Waals surface area contributed by atoms with E-state index in [0.29, 0.717) is 6.54 Å². The SMILES string of the molecule is O=C1OC2(CCC(c3nc4cc(-c5cscn5)ccc4[nH]3)CC2)CN1c1ccccc1F. The molecule has 0 bridgehead atoms. The van der Waals surface area contributed by atoms with Crippen LogP contribution >= 0.6 is 11.3 Å². The van der Waals surface area contributed by atoms with Gasteiger partial charge in [0.15, 0.2) is 0 Å². The van der Waals surface area contributed by atoms with Crippen molar-refractivity contribution in [1.29, 1.82) is 0 Å². The Morgan fingerprint density at radius 2 is 2.03 bits per heavy atom. The van der Waals surface area contributed by atoms with Gasteiger partial charge in [0, 0.05) is 16.9 Å². The average molecular weight is 449 g/mol. The highest BCUT2D eigenvalue weighted by atomic mass is 32.1. The molecule has 1 saturated carbocycles. The van der Waals surface area contributed by atoms with Crippen molar-refractivity contribution < 1.29 is 13.9 Å². The second kappa shape index (κ2) is 7.41. The molecule has 1 aliphatic carbocycles. The normalized spacial score (nSPS) is 23.2. The molecule has 1 amide bonds. The maximum Gasteiger partial charge on any atom is 0.415 e. The van der Waals surface area contributed by atoms with Gasteiger partial charge in [0.2, 0.25) is 0 Å². The standard InChI is InChI=1S/C24H21FN4O2S/c25-17-3-1-2-4-21(17)29-13-24(31-23(29)30)9-7-15(8-10-24)22-27-18-6-5-16(11-19(18)28-22)20-12-32-14-26-20/h1-6,11-12,14-15H,7-10,13H2,(H,27,28). The number of anilines is 1. The number of para-hydroxylation sites is 1. The van der Waals surface area contributed by atoms with Gasteiger partial charge >= 0.3 is 6.09 Å². The second-order valence-electron chi connectivity index (χ2n) is 8.59. The first-order valence-electron chi connectivity index (χ1n) is 10.7. The molecule has 3 heterocycles. The average Bonchev–Trinajstić information content (AvgIpc) is 3.53. The number of aromatic amines is 1. The lowest BCUT2D eigenvalue weighted by Crippen LogP contribution is -2.38. The van der Waals surface area contributed by atoms with Gasteiger partial charge in [-0.2, -0.15) is 0 Å². The van der Waals surface area contributed by atoms with Crippen molar-refractivity contribution in [1.82, 2.24) is 15.0 Å². The zero-order chi connectivity index (χ0) is 21.7. The maximum atomic E-state index is 14.2. The maximum absolute atomic E-state index is 14.2. The number of H-pyrrole nitrogens is 1. The second-order valence-corrected chi connectivity index (χ2v) is 9.31. The molecule has 6 rings (SSSR count). The van der Waals surface area contributed by atoms with E-state index in [-0.39, 0.29) is 11.6 Å². The van der Waals surface area contributed by atoms with Gasteiger partial charge in [-0.05, 0) is 49.9 Å². The fourth-order valence-corrected chi connectivity index (χ4v) is 5.45. The van der Waals surface area contributed by atoms with Crippen LogP contribution in [0, 0.1) is 5.82 Å². The molecule has 1 spiro atoms. The summed E-state index contributed by atoms with van der Waals surface area (Å²) in [7, 11) is 0. The zero-order valence-electron chi connectivity index (χ0n) is 17.3. The number of carbonyl (C=O) groups excluding carboxylic acids is 1. The largest absolute Gasteiger partial charge is 0.441 e. The van der Waals surface area contributed by atoms with Crippen molar-refractivity contribution in [3.05, 3.63) is 65.0 Å². The van der Waals surface area contributed by atoms with Crippen LogP contribution in [0.1, 0.15) is 37.4 Å². The highest BCUT2D eigenvalue weighted by molar-refractivity contribution is 7.07. The molecular formula is C24H21FN4O2S. The van der Waals surface area contributed by atoms with E-state index >= 15 is 0 Å². The third kappa shape index (κ3) is 3.26. The molecule has 8 heteroatoms. The van der Waals surface area contributed by atoms with Crippen molar-refractivity contribution >= 4 is 34.2 Å². The number of carbonyl (C=O) groups is 1. The summed E-state index contributed by atoms with van der Waals surface area (Å²) in [4.78, 5) is 26.7. The number of nitrogens with one attached hydrogen (secondary N) is 1. The van der Waals surface area contributed by atoms with Crippen LogP contribution in [0.15, 0.2) is 53.4 Å². The number of aromatic nitrogens is 3. The Morgan fingerprint density at radius 3 is 2.81 bits per heavy atom. The van der Waals surface area contributed by atoms with Gasteiger partial charge in [-0.25, -0.2) is 19.2 Å². The van der Waals surface area contributed by atoms with Gasteiger partial charge in [0.05, 0.1) is 34.5 Å². The highest BCUT2D eigenvalue weighted by Gasteiger charge is 2.48. The lowest BCUT2D eigenvalue weighted by atomic mass is 9.78. The van der Waals surface area contributed by atoms with Crippen LogP contribution in [0.4, 0.5) is 14.9 Å². The van der Waals surface area contributed by atoms with Crippen LogP contribution in [-0.4, -0.2) is 33.2 Å². The Morgan fingerprint density at radius 1 is 1.19 bits per heavy atom. The summed E-state index contributed by atoms with van der Waals surface area (Å²) < 4.78 is 20.0. The summed E-state index contributed by atoms with van der Waals surface area (Å²) in [5.74, 6) is 0.840. The molecule has 2 aliphatic rings. The lowest BCUT2D eigenvalue weighted by molar-refractivity contribution is 0.0208. The Bertz CT molecular complexity index is 1290. The van der Waals surface area contributed by atoms with Crippen LogP contribution in [0.5, 0.6) is 0 Å². The van der Waals surface area contributed by atoms with Crippen LogP contribution in [0.25, 0.3) is 22.3 Å². The molecule has 162 valence electrons. The summed E-state index contributed by atoms with van der Waals surface area (Å²) in [6.45, 7) is 0.386. The molecule has 6 nitrogen and oxygen atoms in total. The van der Waals surface area contributed by atoms with Crippen LogP contribution in [-0.2, 0) is 4.74 Å². The number of rotatable bonds is 3. The Labute approximate surface area is 188 Å². The number of ether oxygens (including phenoxy) is 1. The number of imidazole rings is 1. The first-order chi connectivity index (χ1) is 15.6. The van der Waals surface area contributed by atoms with E-state index in [1.807, 2.05) is 10.9 Å². The summed E-state index contributed by atoms with van der Waals surface area (Å²) >= 11 is 1.58. The molecule has 1 saturated heterocycles. The number of amides is 1. The van der Waals surface area contributed by atoms with Crippen LogP contribution in [0.3, 0.4) is 0 Å². The van der Waals surface area contributed by atoms with Crippen molar-refractivity contribution in [2.24, 2.45) is 0 Å². The number of hydrogen-bond donors (Lipinski definition) is 1. The van der Waals surface area contributed by atoms with E-state index in [1.165, 1.54) is 11.0 Å². The topological polar surface area (TPSA) is 71.1 Å². The fraction of sp³-hybridized carbons (Fsp3) is 0.292. The fourth-order valence-electron chi connectivity index (χ4n) is 4.89. The van der Waals surface area contributed by atoms with E-state index in [0.717, 1.165) is 53.8 Å². The Balaban J connectivity index is 1.19. The lowest BCUT2D eigenvalue weighted by Gasteiger charge is -2.34. The minimum Gasteiger partial charge on any atom is -0.441 e. The highest BCUT2D eigenvalue weighted by Crippen LogP contribution is 2.44. The van der Waals surface area contributed by atoms with Crippen molar-refractivity contribution in [2.75, 3.05) is 11.4 Å². The minimum atomic E-state index is -0.556. The molecule has 2 fully saturated rings. The first kappa shape index (κ1) is 19.4. The number of fused-ring (bicyclic) bond motifs is 1.